The Kier molecular flexibility index (Phi) is 3.47. The Bertz CT molecular complexity index is 557. The van der Waals surface area contributed by atoms with Gasteiger partial charge in [-0.2, -0.15) is 4.98 Å². The van der Waals surface area contributed by atoms with E-state index in [0.29, 0.717) is 5.88 Å². The zero-order chi connectivity index (χ0) is 13.3. The smallest absolute Gasteiger partial charge is 0.237 e. The average molecular weight is 281 g/mol. The Morgan fingerprint density at radius 1 is 1.63 bits per heavy atom. The van der Waals surface area contributed by atoms with Crippen molar-refractivity contribution in [2.45, 2.75) is 31.9 Å². The number of aromatic nitrogens is 2. The van der Waals surface area contributed by atoms with Gasteiger partial charge in [0.2, 0.25) is 5.88 Å². The van der Waals surface area contributed by atoms with Crippen molar-refractivity contribution in [2.24, 2.45) is 0 Å². The SMILES string of the molecule is COc1nc2sccn2c1CNCC1(C)CCCO1. The predicted molar refractivity (Wildman–Crippen MR) is 74.9 cm³/mol. The van der Waals surface area contributed by atoms with Crippen LogP contribution in [-0.2, 0) is 11.3 Å². The molecule has 1 aliphatic heterocycles. The number of nitrogens with one attached hydrogen (secondary N) is 1. The van der Waals surface area contributed by atoms with Crippen LogP contribution in [0.2, 0.25) is 0 Å². The van der Waals surface area contributed by atoms with E-state index in [-0.39, 0.29) is 5.60 Å². The number of thiazole rings is 1. The van der Waals surface area contributed by atoms with Crippen LogP contribution in [0.25, 0.3) is 4.96 Å². The fourth-order valence-corrected chi connectivity index (χ4v) is 3.28. The molecule has 2 aromatic rings. The summed E-state index contributed by atoms with van der Waals surface area (Å²) in [6, 6.07) is 0. The van der Waals surface area contributed by atoms with Crippen LogP contribution in [0.5, 0.6) is 5.88 Å². The summed E-state index contributed by atoms with van der Waals surface area (Å²) in [6.07, 6.45) is 4.31. The molecule has 104 valence electrons. The highest BCUT2D eigenvalue weighted by molar-refractivity contribution is 7.15. The van der Waals surface area contributed by atoms with Crippen LogP contribution in [0.1, 0.15) is 25.5 Å². The largest absolute Gasteiger partial charge is 0.480 e. The number of hydrogen-bond acceptors (Lipinski definition) is 5. The molecule has 1 saturated heterocycles. The summed E-state index contributed by atoms with van der Waals surface area (Å²) in [6.45, 7) is 4.64. The second-order valence-electron chi connectivity index (χ2n) is 5.13. The number of methoxy groups -OCH3 is 1. The van der Waals surface area contributed by atoms with Crippen molar-refractivity contribution in [1.29, 1.82) is 0 Å². The predicted octanol–water partition coefficient (Wildman–Crippen LogP) is 2.06. The molecule has 0 radical (unpaired) electrons. The number of hydrogen-bond donors (Lipinski definition) is 1. The van der Waals surface area contributed by atoms with E-state index in [1.807, 2.05) is 11.6 Å². The Morgan fingerprint density at radius 2 is 2.53 bits per heavy atom. The minimum atomic E-state index is -0.0221. The van der Waals surface area contributed by atoms with Gasteiger partial charge in [0, 0.05) is 31.3 Å². The molecule has 0 saturated carbocycles. The van der Waals surface area contributed by atoms with Gasteiger partial charge in [-0.25, -0.2) is 0 Å². The zero-order valence-electron chi connectivity index (χ0n) is 11.3. The lowest BCUT2D eigenvalue weighted by atomic mass is 10.0. The van der Waals surface area contributed by atoms with Crippen LogP contribution in [0.15, 0.2) is 11.6 Å². The van der Waals surface area contributed by atoms with Crippen LogP contribution >= 0.6 is 11.3 Å². The lowest BCUT2D eigenvalue weighted by Crippen LogP contribution is -2.37. The summed E-state index contributed by atoms with van der Waals surface area (Å²) in [5.74, 6) is 0.705. The van der Waals surface area contributed by atoms with Crippen molar-refractivity contribution in [3.8, 4) is 5.88 Å². The molecule has 1 aliphatic rings. The van der Waals surface area contributed by atoms with Gasteiger partial charge in [-0.3, -0.25) is 4.40 Å². The fourth-order valence-electron chi connectivity index (χ4n) is 2.56. The summed E-state index contributed by atoms with van der Waals surface area (Å²) in [4.78, 5) is 5.42. The second-order valence-corrected chi connectivity index (χ2v) is 6.00. The molecule has 3 rings (SSSR count). The maximum Gasteiger partial charge on any atom is 0.237 e. The van der Waals surface area contributed by atoms with Crippen LogP contribution in [-0.4, -0.2) is 35.2 Å². The standard InChI is InChI=1S/C13H19N3O2S/c1-13(4-3-6-18-13)9-14-8-10-11(17-2)15-12-16(10)5-7-19-12/h5,7,14H,3-4,6,8-9H2,1-2H3. The molecule has 5 nitrogen and oxygen atoms in total. The van der Waals surface area contributed by atoms with Crippen molar-refractivity contribution >= 4 is 16.3 Å². The molecule has 3 heterocycles. The van der Waals surface area contributed by atoms with E-state index in [4.69, 9.17) is 9.47 Å². The molecule has 1 unspecified atom stereocenters. The van der Waals surface area contributed by atoms with E-state index in [2.05, 4.69) is 21.6 Å². The maximum absolute atomic E-state index is 5.77. The normalized spacial score (nSPS) is 23.3. The highest BCUT2D eigenvalue weighted by Crippen LogP contribution is 2.25. The molecule has 19 heavy (non-hydrogen) atoms. The summed E-state index contributed by atoms with van der Waals surface area (Å²) in [7, 11) is 1.66. The maximum atomic E-state index is 5.77. The first-order chi connectivity index (χ1) is 9.22. The quantitative estimate of drug-likeness (QED) is 0.911. The van der Waals surface area contributed by atoms with Gasteiger partial charge in [-0.1, -0.05) is 0 Å². The lowest BCUT2D eigenvalue weighted by Gasteiger charge is -2.23. The Balaban J connectivity index is 1.69. The van der Waals surface area contributed by atoms with Crippen molar-refractivity contribution < 1.29 is 9.47 Å². The number of ether oxygens (including phenoxy) is 2. The van der Waals surface area contributed by atoms with Crippen molar-refractivity contribution in [3.63, 3.8) is 0 Å². The second kappa shape index (κ2) is 5.11. The summed E-state index contributed by atoms with van der Waals surface area (Å²) in [5, 5.41) is 5.50. The third kappa shape index (κ3) is 2.48. The highest BCUT2D eigenvalue weighted by Gasteiger charge is 2.29. The van der Waals surface area contributed by atoms with E-state index in [0.717, 1.165) is 43.2 Å². The molecule has 1 N–H and O–H groups in total. The minimum absolute atomic E-state index is 0.0221. The Morgan fingerprint density at radius 3 is 3.26 bits per heavy atom. The van der Waals surface area contributed by atoms with E-state index in [1.165, 1.54) is 0 Å². The highest BCUT2D eigenvalue weighted by atomic mass is 32.1. The number of fused-ring (bicyclic) bond motifs is 1. The van der Waals surface area contributed by atoms with Gasteiger partial charge in [0.25, 0.3) is 0 Å². The molecule has 0 spiro atoms. The number of imidazole rings is 1. The van der Waals surface area contributed by atoms with Crippen LogP contribution in [0.4, 0.5) is 0 Å². The summed E-state index contributed by atoms with van der Waals surface area (Å²) < 4.78 is 13.2. The van der Waals surface area contributed by atoms with Gasteiger partial charge in [-0.05, 0) is 19.8 Å². The molecule has 1 atom stereocenters. The van der Waals surface area contributed by atoms with Gasteiger partial charge in [0.1, 0.15) is 5.69 Å². The molecular weight excluding hydrogens is 262 g/mol. The van der Waals surface area contributed by atoms with Gasteiger partial charge < -0.3 is 14.8 Å². The van der Waals surface area contributed by atoms with E-state index in [9.17, 15) is 0 Å². The third-order valence-corrected chi connectivity index (χ3v) is 4.37. The third-order valence-electron chi connectivity index (χ3n) is 3.61. The summed E-state index contributed by atoms with van der Waals surface area (Å²) in [5.41, 5.74) is 1.05. The molecule has 0 aliphatic carbocycles. The van der Waals surface area contributed by atoms with Crippen molar-refractivity contribution in [3.05, 3.63) is 17.3 Å². The fraction of sp³-hybridized carbons (Fsp3) is 0.615. The molecule has 0 bridgehead atoms. The van der Waals surface area contributed by atoms with Crippen LogP contribution < -0.4 is 10.1 Å². The van der Waals surface area contributed by atoms with Crippen LogP contribution in [0, 0.1) is 0 Å². The van der Waals surface area contributed by atoms with Crippen LogP contribution in [0.3, 0.4) is 0 Å². The first-order valence-electron chi connectivity index (χ1n) is 6.55. The van der Waals surface area contributed by atoms with Gasteiger partial charge in [0.15, 0.2) is 4.96 Å². The van der Waals surface area contributed by atoms with E-state index in [1.54, 1.807) is 18.4 Å². The Hall–Kier alpha value is -1.11. The summed E-state index contributed by atoms with van der Waals surface area (Å²) >= 11 is 1.62. The first kappa shape index (κ1) is 12.9. The van der Waals surface area contributed by atoms with Gasteiger partial charge >= 0.3 is 0 Å². The Labute approximate surface area is 116 Å². The zero-order valence-corrected chi connectivity index (χ0v) is 12.1. The van der Waals surface area contributed by atoms with Gasteiger partial charge in [0.05, 0.1) is 12.7 Å². The monoisotopic (exact) mass is 281 g/mol. The molecule has 2 aromatic heterocycles. The topological polar surface area (TPSA) is 47.8 Å². The average Bonchev–Trinajstić information content (AvgIpc) is 3.06. The number of rotatable bonds is 5. The molecule has 0 amide bonds. The van der Waals surface area contributed by atoms with Gasteiger partial charge in [-0.15, -0.1) is 11.3 Å². The molecular formula is C13H19N3O2S. The lowest BCUT2D eigenvalue weighted by molar-refractivity contribution is 0.0206. The first-order valence-corrected chi connectivity index (χ1v) is 7.43. The molecule has 6 heteroatoms. The van der Waals surface area contributed by atoms with Crippen molar-refractivity contribution in [1.82, 2.24) is 14.7 Å². The molecule has 0 aromatic carbocycles. The molecule has 1 fully saturated rings. The van der Waals surface area contributed by atoms with Crippen molar-refractivity contribution in [2.75, 3.05) is 20.3 Å². The number of nitrogens with zero attached hydrogens (tertiary/aromatic N) is 2. The van der Waals surface area contributed by atoms with E-state index < -0.39 is 0 Å². The minimum Gasteiger partial charge on any atom is -0.480 e. The van der Waals surface area contributed by atoms with E-state index >= 15 is 0 Å².